The number of alkyl carbamates (subject to hydrolysis) is 1. The summed E-state index contributed by atoms with van der Waals surface area (Å²) in [4.78, 5) is 26.0. The van der Waals surface area contributed by atoms with Gasteiger partial charge >= 0.3 is 6.09 Å². The Hall–Kier alpha value is -1.30. The summed E-state index contributed by atoms with van der Waals surface area (Å²) in [6, 6.07) is -0.462. The predicted molar refractivity (Wildman–Crippen MR) is 73.0 cm³/mol. The number of nitrogens with zero attached hydrogens (tertiary/aromatic N) is 1. The third kappa shape index (κ3) is 2.49. The van der Waals surface area contributed by atoms with Crippen LogP contribution in [0.15, 0.2) is 0 Å². The summed E-state index contributed by atoms with van der Waals surface area (Å²) < 4.78 is 4.59. The number of carbonyl (C=O) groups excluding carboxylic acids is 2. The Kier molecular flexibility index (Phi) is 4.22. The molecule has 1 saturated carbocycles. The fourth-order valence-electron chi connectivity index (χ4n) is 3.55. The van der Waals surface area contributed by atoms with E-state index in [4.69, 9.17) is 0 Å². The summed E-state index contributed by atoms with van der Waals surface area (Å²) >= 11 is 0. The van der Waals surface area contributed by atoms with Crippen LogP contribution in [0.2, 0.25) is 0 Å². The lowest BCUT2D eigenvalue weighted by atomic mass is 9.95. The number of piperidine rings is 1. The second-order valence-electron chi connectivity index (χ2n) is 6.20. The first-order valence-electron chi connectivity index (χ1n) is 7.21. The summed E-state index contributed by atoms with van der Waals surface area (Å²) in [6.45, 7) is 5.76. The highest BCUT2D eigenvalue weighted by Crippen LogP contribution is 2.42. The van der Waals surface area contributed by atoms with Gasteiger partial charge in [-0.05, 0) is 25.7 Å². The van der Waals surface area contributed by atoms with E-state index in [0.29, 0.717) is 6.42 Å². The fraction of sp³-hybridized carbons (Fsp3) is 0.857. The standard InChI is InChI=1S/C14H24N2O4/c1-7(2)12(15-14(19)20-4)13(18)16-8(3)10-5-9(16)6-11(10)17/h7-12,17H,5-6H2,1-4H3,(H,15,19)/t8-,9+,10+,11-,12+/m1/s1. The van der Waals surface area contributed by atoms with Gasteiger partial charge in [-0.1, -0.05) is 13.8 Å². The topological polar surface area (TPSA) is 78.9 Å². The average Bonchev–Trinajstić information content (AvgIpc) is 2.90. The molecule has 2 amide bonds. The van der Waals surface area contributed by atoms with Crippen LogP contribution in [0.1, 0.15) is 33.6 Å². The molecule has 0 aromatic carbocycles. The van der Waals surface area contributed by atoms with E-state index in [-0.39, 0.29) is 35.9 Å². The number of nitrogens with one attached hydrogen (secondary N) is 1. The number of aliphatic hydroxyl groups excluding tert-OH is 1. The second kappa shape index (κ2) is 5.60. The van der Waals surface area contributed by atoms with Crippen LogP contribution >= 0.6 is 0 Å². The molecular weight excluding hydrogens is 260 g/mol. The molecule has 0 unspecified atom stereocenters. The number of amides is 2. The van der Waals surface area contributed by atoms with Crippen molar-refractivity contribution in [1.29, 1.82) is 0 Å². The maximum atomic E-state index is 12.7. The molecule has 6 heteroatoms. The lowest BCUT2D eigenvalue weighted by Gasteiger charge is -2.38. The Morgan fingerprint density at radius 2 is 2.00 bits per heavy atom. The first-order chi connectivity index (χ1) is 9.36. The molecular formula is C14H24N2O4. The third-order valence-electron chi connectivity index (χ3n) is 4.65. The van der Waals surface area contributed by atoms with Crippen LogP contribution < -0.4 is 5.32 Å². The predicted octanol–water partition coefficient (Wildman–Crippen LogP) is 0.737. The van der Waals surface area contributed by atoms with E-state index in [1.807, 2.05) is 25.7 Å². The first kappa shape index (κ1) is 15.1. The number of methoxy groups -OCH3 is 1. The normalized spacial score (nSPS) is 33.4. The second-order valence-corrected chi connectivity index (χ2v) is 6.20. The van der Waals surface area contributed by atoms with Crippen molar-refractivity contribution in [2.75, 3.05) is 7.11 Å². The maximum Gasteiger partial charge on any atom is 0.407 e. The number of aliphatic hydroxyl groups is 1. The highest BCUT2D eigenvalue weighted by molar-refractivity contribution is 5.86. The molecule has 6 nitrogen and oxygen atoms in total. The van der Waals surface area contributed by atoms with Gasteiger partial charge in [0.1, 0.15) is 6.04 Å². The molecule has 2 bridgehead atoms. The zero-order valence-electron chi connectivity index (χ0n) is 12.5. The molecule has 1 aliphatic carbocycles. The molecule has 0 aromatic rings. The van der Waals surface area contributed by atoms with Gasteiger partial charge in [0.05, 0.1) is 13.2 Å². The third-order valence-corrected chi connectivity index (χ3v) is 4.65. The average molecular weight is 284 g/mol. The molecule has 0 spiro atoms. The molecule has 1 saturated heterocycles. The van der Waals surface area contributed by atoms with Gasteiger partial charge in [0.25, 0.3) is 0 Å². The summed E-state index contributed by atoms with van der Waals surface area (Å²) in [5.74, 6) is 0.0741. The minimum Gasteiger partial charge on any atom is -0.453 e. The monoisotopic (exact) mass is 284 g/mol. The van der Waals surface area contributed by atoms with E-state index < -0.39 is 12.1 Å². The summed E-state index contributed by atoms with van der Waals surface area (Å²) in [6.07, 6.45) is 0.611. The number of likely N-dealkylation sites (tertiary alicyclic amines) is 1. The quantitative estimate of drug-likeness (QED) is 0.801. The Balaban J connectivity index is 2.11. The first-order valence-corrected chi connectivity index (χ1v) is 7.21. The Bertz CT molecular complexity index is 397. The van der Waals surface area contributed by atoms with Crippen LogP contribution in [0.4, 0.5) is 4.79 Å². The van der Waals surface area contributed by atoms with Crippen LogP contribution in [0.3, 0.4) is 0 Å². The molecule has 20 heavy (non-hydrogen) atoms. The molecule has 2 N–H and O–H groups in total. The van der Waals surface area contributed by atoms with Crippen LogP contribution in [0.25, 0.3) is 0 Å². The van der Waals surface area contributed by atoms with Crippen molar-refractivity contribution in [1.82, 2.24) is 10.2 Å². The molecule has 1 aliphatic heterocycles. The maximum absolute atomic E-state index is 12.7. The molecule has 1 heterocycles. The zero-order chi connectivity index (χ0) is 15.0. The summed E-state index contributed by atoms with van der Waals surface area (Å²) in [5, 5.41) is 12.5. The van der Waals surface area contributed by atoms with Gasteiger partial charge < -0.3 is 20.1 Å². The lowest BCUT2D eigenvalue weighted by molar-refractivity contribution is -0.140. The van der Waals surface area contributed by atoms with Gasteiger partial charge in [0, 0.05) is 18.0 Å². The van der Waals surface area contributed by atoms with E-state index in [0.717, 1.165) is 6.42 Å². The van der Waals surface area contributed by atoms with Gasteiger partial charge in [-0.25, -0.2) is 4.79 Å². The SMILES string of the molecule is COC(=O)N[C@H](C(=O)N1[C@H]2C[C@H]([C@H](O)C2)[C@H]1C)C(C)C. The van der Waals surface area contributed by atoms with Crippen LogP contribution in [0.5, 0.6) is 0 Å². The number of rotatable bonds is 3. The highest BCUT2D eigenvalue weighted by atomic mass is 16.5. The van der Waals surface area contributed by atoms with Gasteiger partial charge in [0.15, 0.2) is 0 Å². The highest BCUT2D eigenvalue weighted by Gasteiger charge is 2.51. The molecule has 2 aliphatic rings. The van der Waals surface area contributed by atoms with Gasteiger partial charge in [-0.3, -0.25) is 4.79 Å². The van der Waals surface area contributed by atoms with Crippen LogP contribution in [-0.4, -0.2) is 53.3 Å². The van der Waals surface area contributed by atoms with Gasteiger partial charge in [-0.2, -0.15) is 0 Å². The van der Waals surface area contributed by atoms with Crippen molar-refractivity contribution >= 4 is 12.0 Å². The van der Waals surface area contributed by atoms with Gasteiger partial charge in [-0.15, -0.1) is 0 Å². The van der Waals surface area contributed by atoms with Gasteiger partial charge in [0.2, 0.25) is 5.91 Å². The molecule has 5 atom stereocenters. The van der Waals surface area contributed by atoms with E-state index in [2.05, 4.69) is 10.1 Å². The number of fused-ring (bicyclic) bond motifs is 2. The molecule has 0 radical (unpaired) electrons. The largest absolute Gasteiger partial charge is 0.453 e. The van der Waals surface area contributed by atoms with Crippen LogP contribution in [-0.2, 0) is 9.53 Å². The molecule has 2 rings (SSSR count). The van der Waals surface area contributed by atoms with Crippen molar-refractivity contribution in [2.45, 2.75) is 57.8 Å². The number of hydrogen-bond acceptors (Lipinski definition) is 4. The Morgan fingerprint density at radius 1 is 1.35 bits per heavy atom. The van der Waals surface area contributed by atoms with Crippen molar-refractivity contribution in [3.05, 3.63) is 0 Å². The molecule has 114 valence electrons. The van der Waals surface area contributed by atoms with Crippen molar-refractivity contribution < 1.29 is 19.4 Å². The van der Waals surface area contributed by atoms with Crippen molar-refractivity contribution in [2.24, 2.45) is 11.8 Å². The van der Waals surface area contributed by atoms with E-state index in [1.54, 1.807) is 0 Å². The van der Waals surface area contributed by atoms with Crippen LogP contribution in [0, 0.1) is 11.8 Å². The number of carbonyl (C=O) groups is 2. The smallest absolute Gasteiger partial charge is 0.407 e. The van der Waals surface area contributed by atoms with E-state index in [1.165, 1.54) is 7.11 Å². The Morgan fingerprint density at radius 3 is 2.45 bits per heavy atom. The molecule has 2 fully saturated rings. The fourth-order valence-corrected chi connectivity index (χ4v) is 3.55. The van der Waals surface area contributed by atoms with Crippen molar-refractivity contribution in [3.63, 3.8) is 0 Å². The summed E-state index contributed by atoms with van der Waals surface area (Å²) in [7, 11) is 1.29. The molecule has 0 aromatic heterocycles. The minimum atomic E-state index is -0.589. The number of hydrogen-bond donors (Lipinski definition) is 2. The minimum absolute atomic E-state index is 0.0159. The van der Waals surface area contributed by atoms with Crippen molar-refractivity contribution in [3.8, 4) is 0 Å². The van der Waals surface area contributed by atoms with E-state index in [9.17, 15) is 14.7 Å². The van der Waals surface area contributed by atoms with E-state index >= 15 is 0 Å². The number of ether oxygens (including phenoxy) is 1. The zero-order valence-corrected chi connectivity index (χ0v) is 12.5. The summed E-state index contributed by atoms with van der Waals surface area (Å²) in [5.41, 5.74) is 0. The Labute approximate surface area is 119 Å². The lowest BCUT2D eigenvalue weighted by Crippen LogP contribution is -2.56.